The molecule has 0 aliphatic heterocycles. The van der Waals surface area contributed by atoms with E-state index < -0.39 is 6.09 Å². The van der Waals surface area contributed by atoms with Crippen LogP contribution < -0.4 is 16.2 Å². The van der Waals surface area contributed by atoms with Gasteiger partial charge in [0.05, 0.1) is 13.2 Å². The van der Waals surface area contributed by atoms with Crippen molar-refractivity contribution in [1.82, 2.24) is 0 Å². The Bertz CT molecular complexity index is 357. The summed E-state index contributed by atoms with van der Waals surface area (Å²) in [7, 11) is 0. The standard InChI is InChI=1S/C13H20N2O3.ClH/c14-8-7-11-3-5-12(6-4-11)17-9-1-2-10-18-13(15)16;/h3-6H,1-2,7-10,14H2,(H2,15,16);1H. The second kappa shape index (κ2) is 10.5. The molecular formula is C13H21ClN2O3. The van der Waals surface area contributed by atoms with Crippen LogP contribution >= 0.6 is 12.4 Å². The van der Waals surface area contributed by atoms with Crippen LogP contribution in [0.5, 0.6) is 5.75 Å². The minimum absolute atomic E-state index is 0. The highest BCUT2D eigenvalue weighted by Gasteiger charge is 1.97. The van der Waals surface area contributed by atoms with Crippen molar-refractivity contribution in [2.45, 2.75) is 19.3 Å². The molecule has 1 amide bonds. The molecule has 1 aromatic carbocycles. The zero-order chi connectivity index (χ0) is 13.2. The Balaban J connectivity index is 0.00000324. The summed E-state index contributed by atoms with van der Waals surface area (Å²) in [6, 6.07) is 7.90. The lowest BCUT2D eigenvalue weighted by molar-refractivity contribution is 0.152. The lowest BCUT2D eigenvalue weighted by Crippen LogP contribution is -2.14. The molecule has 0 atom stereocenters. The van der Waals surface area contributed by atoms with Gasteiger partial charge in [-0.2, -0.15) is 0 Å². The average molecular weight is 289 g/mol. The van der Waals surface area contributed by atoms with Crippen molar-refractivity contribution in [2.24, 2.45) is 11.5 Å². The van der Waals surface area contributed by atoms with Crippen molar-refractivity contribution >= 4 is 18.5 Å². The predicted molar refractivity (Wildman–Crippen MR) is 76.7 cm³/mol. The SMILES string of the molecule is Cl.NCCc1ccc(OCCCCOC(N)=O)cc1. The van der Waals surface area contributed by atoms with Gasteiger partial charge in [-0.05, 0) is 43.5 Å². The van der Waals surface area contributed by atoms with Gasteiger partial charge in [0, 0.05) is 0 Å². The first kappa shape index (κ1) is 17.5. The molecule has 6 heteroatoms. The maximum Gasteiger partial charge on any atom is 0.404 e. The van der Waals surface area contributed by atoms with Crippen LogP contribution in [0.1, 0.15) is 18.4 Å². The van der Waals surface area contributed by atoms with Gasteiger partial charge in [-0.15, -0.1) is 12.4 Å². The summed E-state index contributed by atoms with van der Waals surface area (Å²) >= 11 is 0. The third-order valence-corrected chi connectivity index (χ3v) is 2.41. The normalized spacial score (nSPS) is 9.53. The maximum atomic E-state index is 10.3. The lowest BCUT2D eigenvalue weighted by Gasteiger charge is -2.07. The second-order valence-corrected chi connectivity index (χ2v) is 3.91. The molecule has 0 spiro atoms. The third-order valence-electron chi connectivity index (χ3n) is 2.41. The number of ether oxygens (including phenoxy) is 2. The monoisotopic (exact) mass is 288 g/mol. The van der Waals surface area contributed by atoms with Crippen molar-refractivity contribution in [1.29, 1.82) is 0 Å². The molecule has 0 bridgehead atoms. The lowest BCUT2D eigenvalue weighted by atomic mass is 10.1. The number of hydrogen-bond donors (Lipinski definition) is 2. The molecule has 1 aromatic rings. The molecule has 108 valence electrons. The fraction of sp³-hybridized carbons (Fsp3) is 0.462. The number of benzene rings is 1. The molecule has 0 saturated carbocycles. The van der Waals surface area contributed by atoms with Gasteiger partial charge in [0.1, 0.15) is 5.75 Å². The van der Waals surface area contributed by atoms with Crippen molar-refractivity contribution in [2.75, 3.05) is 19.8 Å². The Hall–Kier alpha value is -1.46. The van der Waals surface area contributed by atoms with Crippen LogP contribution in [0.25, 0.3) is 0 Å². The zero-order valence-corrected chi connectivity index (χ0v) is 11.7. The molecule has 0 aliphatic rings. The summed E-state index contributed by atoms with van der Waals surface area (Å²) in [5, 5.41) is 0. The third kappa shape index (κ3) is 8.29. The Labute approximate surface area is 119 Å². The van der Waals surface area contributed by atoms with Crippen LogP contribution in [-0.2, 0) is 11.2 Å². The average Bonchev–Trinajstić information content (AvgIpc) is 2.35. The molecule has 0 aliphatic carbocycles. The van der Waals surface area contributed by atoms with E-state index in [2.05, 4.69) is 4.74 Å². The Morgan fingerprint density at radius 1 is 1.11 bits per heavy atom. The van der Waals surface area contributed by atoms with Crippen molar-refractivity contribution in [3.8, 4) is 5.75 Å². The van der Waals surface area contributed by atoms with Crippen LogP contribution in [0.3, 0.4) is 0 Å². The fourth-order valence-corrected chi connectivity index (χ4v) is 1.49. The van der Waals surface area contributed by atoms with Gasteiger partial charge in [-0.1, -0.05) is 12.1 Å². The zero-order valence-electron chi connectivity index (χ0n) is 10.8. The molecule has 0 saturated heterocycles. The minimum atomic E-state index is -0.730. The van der Waals surface area contributed by atoms with Gasteiger partial charge in [0.15, 0.2) is 0 Å². The van der Waals surface area contributed by atoms with E-state index in [9.17, 15) is 4.79 Å². The molecule has 19 heavy (non-hydrogen) atoms. The predicted octanol–water partition coefficient (Wildman–Crippen LogP) is 1.86. The smallest absolute Gasteiger partial charge is 0.404 e. The van der Waals surface area contributed by atoms with Crippen molar-refractivity contribution in [3.05, 3.63) is 29.8 Å². The number of halogens is 1. The number of carbonyl (C=O) groups excluding carboxylic acids is 1. The first-order valence-electron chi connectivity index (χ1n) is 6.06. The van der Waals surface area contributed by atoms with Gasteiger partial charge < -0.3 is 20.9 Å². The fourth-order valence-electron chi connectivity index (χ4n) is 1.49. The summed E-state index contributed by atoms with van der Waals surface area (Å²) in [5.74, 6) is 0.839. The number of unbranched alkanes of at least 4 members (excludes halogenated alkanes) is 1. The minimum Gasteiger partial charge on any atom is -0.494 e. The van der Waals surface area contributed by atoms with Crippen LogP contribution in [0.4, 0.5) is 4.79 Å². The summed E-state index contributed by atoms with van der Waals surface area (Å²) in [5.41, 5.74) is 11.5. The van der Waals surface area contributed by atoms with Gasteiger partial charge in [-0.25, -0.2) is 4.79 Å². The number of primary amides is 1. The van der Waals surface area contributed by atoms with Gasteiger partial charge in [0.2, 0.25) is 0 Å². The highest BCUT2D eigenvalue weighted by atomic mass is 35.5. The van der Waals surface area contributed by atoms with E-state index in [1.54, 1.807) is 0 Å². The summed E-state index contributed by atoms with van der Waals surface area (Å²) in [6.45, 7) is 1.59. The molecule has 1 rings (SSSR count). The van der Waals surface area contributed by atoms with Crippen molar-refractivity contribution in [3.63, 3.8) is 0 Å². The topological polar surface area (TPSA) is 87.6 Å². The number of hydrogen-bond acceptors (Lipinski definition) is 4. The Morgan fingerprint density at radius 3 is 2.32 bits per heavy atom. The van der Waals surface area contributed by atoms with Crippen molar-refractivity contribution < 1.29 is 14.3 Å². The Kier molecular flexibility index (Phi) is 9.66. The summed E-state index contributed by atoms with van der Waals surface area (Å²) in [6.07, 6.45) is 1.71. The van der Waals surface area contributed by atoms with Gasteiger partial charge in [-0.3, -0.25) is 0 Å². The molecule has 0 radical (unpaired) electrons. The number of nitrogens with two attached hydrogens (primary N) is 2. The Morgan fingerprint density at radius 2 is 1.74 bits per heavy atom. The van der Waals surface area contributed by atoms with E-state index in [4.69, 9.17) is 16.2 Å². The highest BCUT2D eigenvalue weighted by molar-refractivity contribution is 5.85. The van der Waals surface area contributed by atoms with Gasteiger partial charge >= 0.3 is 6.09 Å². The first-order chi connectivity index (χ1) is 8.72. The van der Waals surface area contributed by atoms with Crippen LogP contribution in [0, 0.1) is 0 Å². The second-order valence-electron chi connectivity index (χ2n) is 3.91. The van der Waals surface area contributed by atoms with Crippen LogP contribution in [0.15, 0.2) is 24.3 Å². The molecule has 0 unspecified atom stereocenters. The van der Waals surface area contributed by atoms with E-state index >= 15 is 0 Å². The number of amides is 1. The number of rotatable bonds is 8. The van der Waals surface area contributed by atoms with E-state index in [0.717, 1.165) is 25.0 Å². The molecule has 0 aromatic heterocycles. The van der Waals surface area contributed by atoms with Gasteiger partial charge in [0.25, 0.3) is 0 Å². The van der Waals surface area contributed by atoms with E-state index in [1.807, 2.05) is 24.3 Å². The van der Waals surface area contributed by atoms with E-state index in [-0.39, 0.29) is 12.4 Å². The van der Waals surface area contributed by atoms with E-state index in [1.165, 1.54) is 5.56 Å². The molecular weight excluding hydrogens is 268 g/mol. The molecule has 5 nitrogen and oxygen atoms in total. The molecule has 0 fully saturated rings. The summed E-state index contributed by atoms with van der Waals surface area (Å²) < 4.78 is 10.2. The highest BCUT2D eigenvalue weighted by Crippen LogP contribution is 2.12. The van der Waals surface area contributed by atoms with Crippen LogP contribution in [0.2, 0.25) is 0 Å². The molecule has 0 heterocycles. The molecule has 4 N–H and O–H groups in total. The number of carbonyl (C=O) groups is 1. The largest absolute Gasteiger partial charge is 0.494 e. The van der Waals surface area contributed by atoms with E-state index in [0.29, 0.717) is 19.8 Å². The summed E-state index contributed by atoms with van der Waals surface area (Å²) in [4.78, 5) is 10.3. The first-order valence-corrected chi connectivity index (χ1v) is 6.06. The van der Waals surface area contributed by atoms with Crippen LogP contribution in [-0.4, -0.2) is 25.9 Å². The quantitative estimate of drug-likeness (QED) is 0.715. The maximum absolute atomic E-state index is 10.3.